The molecule has 0 atom stereocenters. The molecule has 0 radical (unpaired) electrons. The van der Waals surface area contributed by atoms with E-state index in [1.54, 1.807) is 16.8 Å². The highest BCUT2D eigenvalue weighted by atomic mass is 35.5. The van der Waals surface area contributed by atoms with Crippen LogP contribution in [0.15, 0.2) is 17.1 Å². The Kier molecular flexibility index (Phi) is 3.48. The summed E-state index contributed by atoms with van der Waals surface area (Å²) in [6.45, 7) is 1.13. The monoisotopic (exact) mass is 294 g/mol. The molecule has 106 valence electrons. The third-order valence-corrected chi connectivity index (χ3v) is 3.69. The maximum Gasteiger partial charge on any atom is 0.346 e. The van der Waals surface area contributed by atoms with Gasteiger partial charge in [-0.25, -0.2) is 14.5 Å². The average molecular weight is 295 g/mol. The summed E-state index contributed by atoms with van der Waals surface area (Å²) >= 11 is 6.04. The minimum atomic E-state index is -0.0633. The van der Waals surface area contributed by atoms with Crippen LogP contribution in [0, 0.1) is 0 Å². The predicted molar refractivity (Wildman–Crippen MR) is 74.3 cm³/mol. The number of nitrogens with zero attached hydrogens (tertiary/aromatic N) is 4. The second-order valence-electron chi connectivity index (χ2n) is 4.80. The van der Waals surface area contributed by atoms with Gasteiger partial charge in [-0.2, -0.15) is 5.10 Å². The van der Waals surface area contributed by atoms with E-state index < -0.39 is 0 Å². The number of hydrogen-bond acceptors (Lipinski definition) is 4. The molecule has 0 fully saturated rings. The van der Waals surface area contributed by atoms with Crippen molar-refractivity contribution in [3.63, 3.8) is 0 Å². The third-order valence-electron chi connectivity index (χ3n) is 3.42. The smallest absolute Gasteiger partial charge is 0.346 e. The summed E-state index contributed by atoms with van der Waals surface area (Å²) in [7, 11) is 1.52. The highest BCUT2D eigenvalue weighted by Crippen LogP contribution is 2.22. The van der Waals surface area contributed by atoms with Gasteiger partial charge in [0.15, 0.2) is 0 Å². The van der Waals surface area contributed by atoms with Crippen LogP contribution in [0.5, 0.6) is 5.88 Å². The van der Waals surface area contributed by atoms with Crippen LogP contribution in [-0.2, 0) is 19.5 Å². The topological polar surface area (TPSA) is 61.9 Å². The SMILES string of the molecule is COc1ncc(Cn2nc3n(c2=O)CCCC3)cc1Cl. The van der Waals surface area contributed by atoms with Gasteiger partial charge >= 0.3 is 5.69 Å². The first kappa shape index (κ1) is 13.2. The van der Waals surface area contributed by atoms with Gasteiger partial charge in [-0.15, -0.1) is 0 Å². The van der Waals surface area contributed by atoms with Crippen molar-refractivity contribution >= 4 is 11.6 Å². The third kappa shape index (κ3) is 2.31. The number of ether oxygens (including phenoxy) is 1. The van der Waals surface area contributed by atoms with Crippen molar-refractivity contribution in [2.45, 2.75) is 32.4 Å². The Labute approximate surface area is 121 Å². The number of fused-ring (bicyclic) bond motifs is 1. The zero-order chi connectivity index (χ0) is 14.1. The largest absolute Gasteiger partial charge is 0.480 e. The summed E-state index contributed by atoms with van der Waals surface area (Å²) < 4.78 is 8.23. The molecule has 2 aromatic rings. The number of aromatic nitrogens is 4. The summed E-state index contributed by atoms with van der Waals surface area (Å²) in [5.74, 6) is 1.25. The molecule has 0 aromatic carbocycles. The number of pyridine rings is 1. The molecule has 0 unspecified atom stereocenters. The minimum Gasteiger partial charge on any atom is -0.480 e. The first-order valence-electron chi connectivity index (χ1n) is 6.54. The Balaban J connectivity index is 1.90. The number of hydrogen-bond donors (Lipinski definition) is 0. The standard InChI is InChI=1S/C13H15ClN4O2/c1-20-12-10(14)6-9(7-15-12)8-18-13(19)17-5-3-2-4-11(17)16-18/h6-7H,2-5,8H2,1H3. The lowest BCUT2D eigenvalue weighted by molar-refractivity contribution is 0.397. The van der Waals surface area contributed by atoms with Gasteiger partial charge < -0.3 is 4.74 Å². The lowest BCUT2D eigenvalue weighted by Crippen LogP contribution is -2.27. The maximum absolute atomic E-state index is 12.2. The van der Waals surface area contributed by atoms with Crippen LogP contribution in [-0.4, -0.2) is 26.4 Å². The van der Waals surface area contributed by atoms with E-state index in [9.17, 15) is 4.79 Å². The number of rotatable bonds is 3. The van der Waals surface area contributed by atoms with E-state index in [1.807, 2.05) is 0 Å². The zero-order valence-corrected chi connectivity index (χ0v) is 11.9. The molecule has 3 rings (SSSR count). The number of halogens is 1. The Hall–Kier alpha value is -1.82. The molecule has 2 aromatic heterocycles. The predicted octanol–water partition coefficient (Wildman–Crippen LogP) is 1.49. The molecule has 0 bridgehead atoms. The molecule has 7 heteroatoms. The normalized spacial score (nSPS) is 14.1. The Morgan fingerprint density at radius 1 is 1.45 bits per heavy atom. The van der Waals surface area contributed by atoms with Crippen molar-refractivity contribution < 1.29 is 4.74 Å². The van der Waals surface area contributed by atoms with Gasteiger partial charge in [0, 0.05) is 19.2 Å². The second kappa shape index (κ2) is 5.28. The van der Waals surface area contributed by atoms with E-state index in [2.05, 4.69) is 10.1 Å². The van der Waals surface area contributed by atoms with Crippen molar-refractivity contribution in [2.24, 2.45) is 0 Å². The minimum absolute atomic E-state index is 0.0633. The van der Waals surface area contributed by atoms with Crippen LogP contribution in [0.3, 0.4) is 0 Å². The summed E-state index contributed by atoms with van der Waals surface area (Å²) in [5, 5.41) is 4.82. The molecule has 0 saturated heterocycles. The van der Waals surface area contributed by atoms with Crippen molar-refractivity contribution in [3.05, 3.63) is 39.2 Å². The molecule has 0 amide bonds. The fourth-order valence-electron chi connectivity index (χ4n) is 2.43. The number of methoxy groups -OCH3 is 1. The average Bonchev–Trinajstić information content (AvgIpc) is 2.76. The Morgan fingerprint density at radius 2 is 2.30 bits per heavy atom. The summed E-state index contributed by atoms with van der Waals surface area (Å²) in [6.07, 6.45) is 4.64. The molecule has 1 aliphatic heterocycles. The lowest BCUT2D eigenvalue weighted by Gasteiger charge is -2.09. The molecule has 0 spiro atoms. The van der Waals surface area contributed by atoms with Crippen LogP contribution in [0.25, 0.3) is 0 Å². The van der Waals surface area contributed by atoms with Crippen molar-refractivity contribution in [1.29, 1.82) is 0 Å². The summed E-state index contributed by atoms with van der Waals surface area (Å²) in [6, 6.07) is 1.75. The van der Waals surface area contributed by atoms with E-state index in [-0.39, 0.29) is 5.69 Å². The molecule has 1 aliphatic rings. The molecule has 20 heavy (non-hydrogen) atoms. The van der Waals surface area contributed by atoms with Gasteiger partial charge in [-0.05, 0) is 24.5 Å². The fraction of sp³-hybridized carbons (Fsp3) is 0.462. The molecule has 3 heterocycles. The molecular weight excluding hydrogens is 280 g/mol. The maximum atomic E-state index is 12.2. The van der Waals surface area contributed by atoms with Gasteiger partial charge in [-0.3, -0.25) is 4.57 Å². The summed E-state index contributed by atoms with van der Waals surface area (Å²) in [4.78, 5) is 16.3. The molecule has 0 aliphatic carbocycles. The van der Waals surface area contributed by atoms with E-state index in [4.69, 9.17) is 16.3 Å². The second-order valence-corrected chi connectivity index (χ2v) is 5.21. The van der Waals surface area contributed by atoms with Gasteiger partial charge in [-0.1, -0.05) is 11.6 Å². The van der Waals surface area contributed by atoms with E-state index >= 15 is 0 Å². The highest BCUT2D eigenvalue weighted by Gasteiger charge is 2.17. The van der Waals surface area contributed by atoms with Gasteiger partial charge in [0.1, 0.15) is 10.8 Å². The van der Waals surface area contributed by atoms with E-state index in [1.165, 1.54) is 11.8 Å². The quantitative estimate of drug-likeness (QED) is 0.860. The van der Waals surface area contributed by atoms with Crippen molar-refractivity contribution in [3.8, 4) is 5.88 Å². The summed E-state index contributed by atoms with van der Waals surface area (Å²) in [5.41, 5.74) is 0.764. The Morgan fingerprint density at radius 3 is 3.00 bits per heavy atom. The first-order valence-corrected chi connectivity index (χ1v) is 6.92. The first-order chi connectivity index (χ1) is 9.69. The van der Waals surface area contributed by atoms with Crippen molar-refractivity contribution in [2.75, 3.05) is 7.11 Å². The van der Waals surface area contributed by atoms with Gasteiger partial charge in [0.05, 0.1) is 13.7 Å². The van der Waals surface area contributed by atoms with Crippen LogP contribution >= 0.6 is 11.6 Å². The fourth-order valence-corrected chi connectivity index (χ4v) is 2.69. The van der Waals surface area contributed by atoms with E-state index in [0.717, 1.165) is 37.2 Å². The molecule has 6 nitrogen and oxygen atoms in total. The van der Waals surface area contributed by atoms with Crippen LogP contribution < -0.4 is 10.4 Å². The van der Waals surface area contributed by atoms with Crippen LogP contribution in [0.4, 0.5) is 0 Å². The molecule has 0 N–H and O–H groups in total. The van der Waals surface area contributed by atoms with E-state index in [0.29, 0.717) is 17.4 Å². The molecule has 0 saturated carbocycles. The van der Waals surface area contributed by atoms with Crippen LogP contribution in [0.2, 0.25) is 5.02 Å². The van der Waals surface area contributed by atoms with Gasteiger partial charge in [0.2, 0.25) is 5.88 Å². The Bertz CT molecular complexity index is 692. The lowest BCUT2D eigenvalue weighted by atomic mass is 10.2. The highest BCUT2D eigenvalue weighted by molar-refractivity contribution is 6.31. The molecular formula is C13H15ClN4O2. The number of aryl methyl sites for hydroxylation is 1. The van der Waals surface area contributed by atoms with Crippen molar-refractivity contribution in [1.82, 2.24) is 19.3 Å². The van der Waals surface area contributed by atoms with Gasteiger partial charge in [0.25, 0.3) is 0 Å². The zero-order valence-electron chi connectivity index (χ0n) is 11.2. The van der Waals surface area contributed by atoms with Crippen LogP contribution in [0.1, 0.15) is 24.2 Å².